The predicted molar refractivity (Wildman–Crippen MR) is 133 cm³/mol. The first-order chi connectivity index (χ1) is 18.9. The molecule has 2 aromatic rings. The van der Waals surface area contributed by atoms with Crippen molar-refractivity contribution in [3.63, 3.8) is 0 Å². The number of aromatic nitrogens is 2. The van der Waals surface area contributed by atoms with E-state index in [0.717, 1.165) is 0 Å². The SMILES string of the molecule is [2H]C(C)(C)Oc1ccc(C([2H])([2H])c2c(O[C@@H]3O[C@H](COC(=O)OCC)[C@@H](O)[C@H](O)[C@H]3O)nn(C([2H])(C)C)c2C)cc1. The summed E-state index contributed by atoms with van der Waals surface area (Å²) < 4.78 is 62.2. The molecule has 206 valence electrons. The number of aliphatic hydroxyl groups is 3. The van der Waals surface area contributed by atoms with Crippen LogP contribution in [0.25, 0.3) is 0 Å². The van der Waals surface area contributed by atoms with E-state index in [1.807, 2.05) is 0 Å². The Morgan fingerprint density at radius 3 is 2.41 bits per heavy atom. The van der Waals surface area contributed by atoms with Crippen LogP contribution in [0.3, 0.4) is 0 Å². The minimum absolute atomic E-state index is 0.0527. The van der Waals surface area contributed by atoms with Gasteiger partial charge in [-0.15, -0.1) is 5.10 Å². The number of carbonyl (C=O) groups is 1. The Morgan fingerprint density at radius 1 is 1.14 bits per heavy atom. The van der Waals surface area contributed by atoms with E-state index in [4.69, 9.17) is 24.4 Å². The van der Waals surface area contributed by atoms with Gasteiger partial charge >= 0.3 is 6.16 Å². The molecule has 1 aromatic heterocycles. The molecule has 1 saturated heterocycles. The molecule has 5 atom stereocenters. The lowest BCUT2D eigenvalue weighted by molar-refractivity contribution is -0.278. The summed E-state index contributed by atoms with van der Waals surface area (Å²) in [5, 5.41) is 35.8. The van der Waals surface area contributed by atoms with E-state index in [9.17, 15) is 20.1 Å². The fourth-order valence-corrected chi connectivity index (χ4v) is 3.70. The van der Waals surface area contributed by atoms with Crippen molar-refractivity contribution < 1.29 is 49.3 Å². The van der Waals surface area contributed by atoms with Crippen LogP contribution < -0.4 is 9.47 Å². The van der Waals surface area contributed by atoms with Gasteiger partial charge < -0.3 is 39.0 Å². The van der Waals surface area contributed by atoms with Gasteiger partial charge in [0.2, 0.25) is 12.2 Å². The average Bonchev–Trinajstić information content (AvgIpc) is 3.20. The topological polar surface area (TPSA) is 142 Å². The van der Waals surface area contributed by atoms with Crippen LogP contribution in [0.1, 0.15) is 62.9 Å². The summed E-state index contributed by atoms with van der Waals surface area (Å²) in [4.78, 5) is 11.6. The van der Waals surface area contributed by atoms with Gasteiger partial charge in [0.25, 0.3) is 0 Å². The monoisotopic (exact) mass is 526 g/mol. The van der Waals surface area contributed by atoms with Crippen molar-refractivity contribution in [2.75, 3.05) is 13.2 Å². The first kappa shape index (κ1) is 23.3. The van der Waals surface area contributed by atoms with Crippen LogP contribution in [0.4, 0.5) is 4.79 Å². The molecule has 0 aliphatic carbocycles. The Morgan fingerprint density at radius 2 is 1.81 bits per heavy atom. The van der Waals surface area contributed by atoms with Gasteiger partial charge in [-0.3, -0.25) is 4.68 Å². The second kappa shape index (κ2) is 12.6. The van der Waals surface area contributed by atoms with Crippen LogP contribution in [-0.2, 0) is 20.6 Å². The van der Waals surface area contributed by atoms with Crippen molar-refractivity contribution in [1.82, 2.24) is 9.78 Å². The second-order valence-corrected chi connectivity index (χ2v) is 8.91. The number of aliphatic hydroxyl groups excluding tert-OH is 3. The van der Waals surface area contributed by atoms with Gasteiger partial charge in [-0.05, 0) is 59.2 Å². The van der Waals surface area contributed by atoms with Crippen LogP contribution in [0, 0.1) is 6.92 Å². The van der Waals surface area contributed by atoms with Crippen LogP contribution in [-0.4, -0.2) is 81.3 Å². The molecule has 1 fully saturated rings. The minimum Gasteiger partial charge on any atom is -0.491 e. The van der Waals surface area contributed by atoms with E-state index >= 15 is 0 Å². The highest BCUT2D eigenvalue weighted by molar-refractivity contribution is 5.59. The summed E-state index contributed by atoms with van der Waals surface area (Å²) in [6, 6.07) is 4.69. The third kappa shape index (κ3) is 7.13. The Hall–Kier alpha value is -2.86. The lowest BCUT2D eigenvalue weighted by atomic mass is 9.99. The number of nitrogens with zero attached hydrogens (tertiary/aromatic N) is 2. The van der Waals surface area contributed by atoms with E-state index in [2.05, 4.69) is 9.84 Å². The van der Waals surface area contributed by atoms with Crippen molar-refractivity contribution >= 4 is 6.16 Å². The molecule has 37 heavy (non-hydrogen) atoms. The highest BCUT2D eigenvalue weighted by Gasteiger charge is 2.46. The molecule has 0 amide bonds. The molecule has 2 heterocycles. The predicted octanol–water partition coefficient (Wildman–Crippen LogP) is 2.51. The molecule has 1 aromatic carbocycles. The molecule has 1 aliphatic rings. The molecule has 3 N–H and O–H groups in total. The molecule has 11 nitrogen and oxygen atoms in total. The average molecular weight is 527 g/mol. The largest absolute Gasteiger partial charge is 0.508 e. The summed E-state index contributed by atoms with van der Waals surface area (Å²) in [5.74, 6) is 0.0428. The molecular formula is C26H38N2O9. The molecule has 0 saturated carbocycles. The molecule has 3 rings (SSSR count). The Bertz CT molecular complexity index is 1200. The van der Waals surface area contributed by atoms with E-state index in [1.54, 1.807) is 41.5 Å². The van der Waals surface area contributed by atoms with E-state index in [1.165, 1.54) is 28.9 Å². The normalized spacial score (nSPS) is 26.4. The minimum atomic E-state index is -2.25. The van der Waals surface area contributed by atoms with Gasteiger partial charge in [0.15, 0.2) is 0 Å². The van der Waals surface area contributed by atoms with Crippen molar-refractivity contribution in [3.05, 3.63) is 41.1 Å². The number of hydrogen-bond donors (Lipinski definition) is 3. The van der Waals surface area contributed by atoms with E-state index in [-0.39, 0.29) is 29.3 Å². The van der Waals surface area contributed by atoms with Crippen LogP contribution in [0.5, 0.6) is 11.6 Å². The third-order valence-corrected chi connectivity index (χ3v) is 5.48. The highest BCUT2D eigenvalue weighted by Crippen LogP contribution is 2.31. The van der Waals surface area contributed by atoms with Gasteiger partial charge in [-0.1, -0.05) is 12.1 Å². The molecule has 0 spiro atoms. The van der Waals surface area contributed by atoms with Gasteiger partial charge in [-0.2, -0.15) is 0 Å². The zero-order valence-corrected chi connectivity index (χ0v) is 21.8. The van der Waals surface area contributed by atoms with Crippen LogP contribution in [0.2, 0.25) is 0 Å². The van der Waals surface area contributed by atoms with E-state index < -0.39 is 61.9 Å². The zero-order valence-electron chi connectivity index (χ0n) is 25.8. The summed E-state index contributed by atoms with van der Waals surface area (Å²) in [7, 11) is 0. The lowest BCUT2D eigenvalue weighted by Crippen LogP contribution is -2.60. The first-order valence-electron chi connectivity index (χ1n) is 13.9. The standard InChI is InChI=1S/C26H38N2O9/c1-7-33-26(32)34-13-20-21(29)22(30)23(31)25(36-20)37-24-19(16(6)28(27-24)14(2)3)12-17-8-10-18(11-9-17)35-15(4)5/h8-11,14-15,20-23,25,29-31H,7,12-13H2,1-6H3/t20-,21-,22+,23-,25+/m1/s1/i12D2,14D,15D. The second-order valence-electron chi connectivity index (χ2n) is 8.91. The fraction of sp³-hybridized carbons (Fsp3) is 0.615. The number of carbonyl (C=O) groups excluding carboxylic acids is 1. The number of ether oxygens (including phenoxy) is 5. The first-order valence-corrected chi connectivity index (χ1v) is 11.9. The molecule has 11 heteroatoms. The van der Waals surface area contributed by atoms with Crippen molar-refractivity contribution in [2.24, 2.45) is 0 Å². The van der Waals surface area contributed by atoms with Crippen molar-refractivity contribution in [1.29, 1.82) is 0 Å². The quantitative estimate of drug-likeness (QED) is 0.395. The molecule has 0 radical (unpaired) electrons. The van der Waals surface area contributed by atoms with Gasteiger partial charge in [0.1, 0.15) is 36.8 Å². The smallest absolute Gasteiger partial charge is 0.491 e. The summed E-state index contributed by atoms with van der Waals surface area (Å²) in [5.41, 5.74) is 0.373. The molecule has 0 unspecified atom stereocenters. The maximum Gasteiger partial charge on any atom is 0.508 e. The zero-order chi connectivity index (χ0) is 30.9. The molecule has 0 bridgehead atoms. The molecule has 1 aliphatic heterocycles. The highest BCUT2D eigenvalue weighted by atomic mass is 16.7. The van der Waals surface area contributed by atoms with Crippen LogP contribution in [0.15, 0.2) is 24.3 Å². The number of rotatable bonds is 10. The maximum atomic E-state index is 11.6. The van der Waals surface area contributed by atoms with Crippen LogP contribution >= 0.6 is 0 Å². The maximum absolute atomic E-state index is 11.6. The Labute approximate surface area is 222 Å². The summed E-state index contributed by atoms with van der Waals surface area (Å²) in [6.45, 7) is 8.87. The fourth-order valence-electron chi connectivity index (χ4n) is 3.70. The van der Waals surface area contributed by atoms with Crippen molar-refractivity contribution in [2.45, 2.75) is 90.7 Å². The Kier molecular flexibility index (Phi) is 7.92. The third-order valence-electron chi connectivity index (χ3n) is 5.48. The Balaban J connectivity index is 1.98. The number of hydrogen-bond acceptors (Lipinski definition) is 10. The summed E-state index contributed by atoms with van der Waals surface area (Å²) >= 11 is 0. The molecular weight excluding hydrogens is 484 g/mol. The lowest BCUT2D eigenvalue weighted by Gasteiger charge is -2.39. The number of benzene rings is 1. The van der Waals surface area contributed by atoms with E-state index in [0.29, 0.717) is 5.75 Å². The van der Waals surface area contributed by atoms with Gasteiger partial charge in [0.05, 0.1) is 15.4 Å². The summed E-state index contributed by atoms with van der Waals surface area (Å²) in [6.07, 6.45) is -12.7. The van der Waals surface area contributed by atoms with Crippen molar-refractivity contribution in [3.8, 4) is 11.6 Å². The van der Waals surface area contributed by atoms with Gasteiger partial charge in [-0.25, -0.2) is 4.79 Å². The van der Waals surface area contributed by atoms with Gasteiger partial charge in [0, 0.05) is 26.4 Å².